The van der Waals surface area contributed by atoms with Gasteiger partial charge in [-0.3, -0.25) is 4.90 Å². The van der Waals surface area contributed by atoms with Gasteiger partial charge in [0, 0.05) is 62.1 Å². The van der Waals surface area contributed by atoms with Gasteiger partial charge in [-0.1, -0.05) is 11.6 Å². The number of hydrogen-bond acceptors (Lipinski definition) is 6. The number of benzene rings is 1. The van der Waals surface area contributed by atoms with Gasteiger partial charge in [-0.25, -0.2) is 9.97 Å². The fraction of sp³-hybridized carbons (Fsp3) is 0.368. The van der Waals surface area contributed by atoms with Gasteiger partial charge in [0.25, 0.3) is 0 Å². The van der Waals surface area contributed by atoms with Crippen molar-refractivity contribution in [2.24, 2.45) is 0 Å². The molecule has 136 valence electrons. The molecule has 0 amide bonds. The van der Waals surface area contributed by atoms with Crippen LogP contribution in [-0.4, -0.2) is 54.4 Å². The van der Waals surface area contributed by atoms with E-state index in [-0.39, 0.29) is 6.79 Å². The van der Waals surface area contributed by atoms with Crippen LogP contribution in [0.1, 0.15) is 12.0 Å². The highest BCUT2D eigenvalue weighted by Crippen LogP contribution is 2.29. The van der Waals surface area contributed by atoms with Gasteiger partial charge in [0.1, 0.15) is 5.76 Å². The van der Waals surface area contributed by atoms with Crippen LogP contribution in [0.5, 0.6) is 0 Å². The Bertz CT molecular complexity index is 759. The van der Waals surface area contributed by atoms with Crippen LogP contribution in [0.4, 0.5) is 5.95 Å². The van der Waals surface area contributed by atoms with Gasteiger partial charge in [0.15, 0.2) is 5.76 Å². The first-order valence-electron chi connectivity index (χ1n) is 8.78. The molecule has 0 unspecified atom stereocenters. The second kappa shape index (κ2) is 7.93. The van der Waals surface area contributed by atoms with E-state index in [2.05, 4.69) is 19.8 Å². The molecule has 0 aliphatic carbocycles. The van der Waals surface area contributed by atoms with Gasteiger partial charge in [0.05, 0.1) is 0 Å². The Morgan fingerprint density at radius 3 is 2.42 bits per heavy atom. The summed E-state index contributed by atoms with van der Waals surface area (Å²) in [5.74, 6) is 2.56. The molecule has 0 N–H and O–H groups in total. The van der Waals surface area contributed by atoms with E-state index in [0.29, 0.717) is 0 Å². The van der Waals surface area contributed by atoms with E-state index >= 15 is 0 Å². The molecule has 0 spiro atoms. The van der Waals surface area contributed by atoms with Crippen LogP contribution < -0.4 is 4.90 Å². The van der Waals surface area contributed by atoms with Crippen molar-refractivity contribution in [2.45, 2.75) is 6.42 Å². The summed E-state index contributed by atoms with van der Waals surface area (Å²) in [6.45, 7) is 5.08. The maximum absolute atomic E-state index is 5.97. The van der Waals surface area contributed by atoms with Gasteiger partial charge in [-0.05, 0) is 30.3 Å². The van der Waals surface area contributed by atoms with Crippen LogP contribution in [0.2, 0.25) is 5.02 Å². The molecule has 1 saturated heterocycles. The Labute approximate surface area is 158 Å². The number of rotatable bonds is 5. The third-order valence-electron chi connectivity index (χ3n) is 4.66. The lowest BCUT2D eigenvalue weighted by molar-refractivity contribution is 0.0820. The highest BCUT2D eigenvalue weighted by molar-refractivity contribution is 6.30. The molecule has 0 atom stereocenters. The van der Waals surface area contributed by atoms with Gasteiger partial charge < -0.3 is 14.4 Å². The monoisotopic (exact) mass is 372 g/mol. The molecule has 1 fully saturated rings. The number of anilines is 1. The van der Waals surface area contributed by atoms with Crippen LogP contribution in [0.3, 0.4) is 0 Å². The second-order valence-electron chi connectivity index (χ2n) is 6.29. The first kappa shape index (κ1) is 17.1. The Balaban J connectivity index is 1.33. The zero-order valence-corrected chi connectivity index (χ0v) is 15.2. The molecule has 3 heterocycles. The lowest BCUT2D eigenvalue weighted by Crippen LogP contribution is -2.47. The van der Waals surface area contributed by atoms with Gasteiger partial charge >= 0.3 is 0 Å². The quantitative estimate of drug-likeness (QED) is 0.804. The van der Waals surface area contributed by atoms with Crippen LogP contribution in [-0.2, 0) is 9.47 Å². The highest BCUT2D eigenvalue weighted by Gasteiger charge is 2.22. The summed E-state index contributed by atoms with van der Waals surface area (Å²) in [7, 11) is 0. The molecule has 1 aromatic carbocycles. The Kier molecular flexibility index (Phi) is 5.22. The van der Waals surface area contributed by atoms with Crippen molar-refractivity contribution in [1.82, 2.24) is 14.9 Å². The molecular formula is C19H21ClN4O2. The number of nitrogens with zero attached hydrogens (tertiary/aromatic N) is 4. The Morgan fingerprint density at radius 2 is 1.69 bits per heavy atom. The van der Waals surface area contributed by atoms with Crippen molar-refractivity contribution in [3.63, 3.8) is 0 Å². The van der Waals surface area contributed by atoms with E-state index in [9.17, 15) is 0 Å². The van der Waals surface area contributed by atoms with E-state index in [1.54, 1.807) is 12.4 Å². The van der Waals surface area contributed by atoms with E-state index in [1.165, 1.54) is 0 Å². The molecule has 1 aromatic heterocycles. The summed E-state index contributed by atoms with van der Waals surface area (Å²) in [6.07, 6.45) is 4.41. The fourth-order valence-corrected chi connectivity index (χ4v) is 3.35. The molecule has 4 rings (SSSR count). The first-order valence-corrected chi connectivity index (χ1v) is 9.16. The van der Waals surface area contributed by atoms with Crippen molar-refractivity contribution in [3.05, 3.63) is 59.1 Å². The zero-order valence-electron chi connectivity index (χ0n) is 14.5. The molecule has 2 aliphatic rings. The van der Waals surface area contributed by atoms with E-state index in [0.717, 1.165) is 67.2 Å². The number of piperazine rings is 1. The average Bonchev–Trinajstić information content (AvgIpc) is 3.17. The van der Waals surface area contributed by atoms with Crippen LogP contribution in [0.25, 0.3) is 5.76 Å². The van der Waals surface area contributed by atoms with Crippen molar-refractivity contribution in [2.75, 3.05) is 44.4 Å². The maximum atomic E-state index is 5.97. The smallest absolute Gasteiger partial charge is 0.230 e. The second-order valence-corrected chi connectivity index (χ2v) is 6.73. The minimum atomic E-state index is 0.284. The summed E-state index contributed by atoms with van der Waals surface area (Å²) in [5, 5.41) is 0.718. The Morgan fingerprint density at radius 1 is 0.962 bits per heavy atom. The highest BCUT2D eigenvalue weighted by atomic mass is 35.5. The van der Waals surface area contributed by atoms with Crippen molar-refractivity contribution < 1.29 is 9.47 Å². The lowest BCUT2D eigenvalue weighted by atomic mass is 10.1. The normalized spacial score (nSPS) is 18.0. The summed E-state index contributed by atoms with van der Waals surface area (Å²) < 4.78 is 11.4. The van der Waals surface area contributed by atoms with Gasteiger partial charge in [-0.2, -0.15) is 0 Å². The van der Waals surface area contributed by atoms with E-state index in [4.69, 9.17) is 21.1 Å². The molecule has 0 saturated carbocycles. The van der Waals surface area contributed by atoms with E-state index < -0.39 is 0 Å². The molecule has 7 heteroatoms. The topological polar surface area (TPSA) is 50.7 Å². The maximum Gasteiger partial charge on any atom is 0.230 e. The van der Waals surface area contributed by atoms with Crippen molar-refractivity contribution >= 4 is 23.3 Å². The average molecular weight is 373 g/mol. The number of halogens is 1. The van der Waals surface area contributed by atoms with Gasteiger partial charge in [-0.15, -0.1) is 0 Å². The summed E-state index contributed by atoms with van der Waals surface area (Å²) in [6, 6.07) is 9.51. The van der Waals surface area contributed by atoms with Crippen molar-refractivity contribution in [3.8, 4) is 0 Å². The summed E-state index contributed by atoms with van der Waals surface area (Å²) in [5.41, 5.74) is 1.01. The molecular weight excluding hydrogens is 352 g/mol. The van der Waals surface area contributed by atoms with Crippen LogP contribution >= 0.6 is 11.6 Å². The number of ether oxygens (including phenoxy) is 2. The summed E-state index contributed by atoms with van der Waals surface area (Å²) in [4.78, 5) is 13.3. The molecule has 6 nitrogen and oxygen atoms in total. The SMILES string of the molecule is Clc1ccc(C2=C(CCN3CCN(c4ncccn4)CC3)OCO2)cc1. The summed E-state index contributed by atoms with van der Waals surface area (Å²) >= 11 is 5.97. The fourth-order valence-electron chi connectivity index (χ4n) is 3.22. The zero-order chi connectivity index (χ0) is 17.8. The predicted molar refractivity (Wildman–Crippen MR) is 101 cm³/mol. The molecule has 0 radical (unpaired) electrons. The van der Waals surface area contributed by atoms with Crippen molar-refractivity contribution in [1.29, 1.82) is 0 Å². The van der Waals surface area contributed by atoms with Gasteiger partial charge in [0.2, 0.25) is 12.7 Å². The lowest BCUT2D eigenvalue weighted by Gasteiger charge is -2.34. The molecule has 2 aliphatic heterocycles. The number of hydrogen-bond donors (Lipinski definition) is 0. The van der Waals surface area contributed by atoms with Crippen LogP contribution in [0, 0.1) is 0 Å². The molecule has 2 aromatic rings. The standard InChI is InChI=1S/C19H21ClN4O2/c20-16-4-2-15(3-5-16)18-17(25-14-26-18)6-9-23-10-12-24(13-11-23)19-21-7-1-8-22-19/h1-5,7-8H,6,9-14H2. The minimum absolute atomic E-state index is 0.284. The number of aromatic nitrogens is 2. The van der Waals surface area contributed by atoms with E-state index in [1.807, 2.05) is 30.3 Å². The third-order valence-corrected chi connectivity index (χ3v) is 4.91. The third kappa shape index (κ3) is 3.92. The van der Waals surface area contributed by atoms with Crippen LogP contribution in [0.15, 0.2) is 48.5 Å². The predicted octanol–water partition coefficient (Wildman–Crippen LogP) is 3.02. The largest absolute Gasteiger partial charge is 0.458 e. The minimum Gasteiger partial charge on any atom is -0.458 e. The first-order chi connectivity index (χ1) is 12.8. The molecule has 0 bridgehead atoms. The Hall–Kier alpha value is -2.31. The molecule has 26 heavy (non-hydrogen) atoms.